The molecule has 0 aromatic heterocycles. The van der Waals surface area contributed by atoms with Crippen molar-refractivity contribution in [1.29, 1.82) is 0 Å². The highest BCUT2D eigenvalue weighted by molar-refractivity contribution is 6.60. The second-order valence-corrected chi connectivity index (χ2v) is 9.48. The van der Waals surface area contributed by atoms with Gasteiger partial charge in [0.05, 0.1) is 0 Å². The Morgan fingerprint density at radius 1 is 0.800 bits per heavy atom. The van der Waals surface area contributed by atoms with Gasteiger partial charge in [-0.1, -0.05) is 0 Å². The smallest absolute Gasteiger partial charge is 0.371 e. The number of hydrogen-bond donors (Lipinski definition) is 0. The van der Waals surface area contributed by atoms with Gasteiger partial charge in [0.25, 0.3) is 0 Å². The molecule has 25 heavy (non-hydrogen) atoms. The molecule has 1 aromatic carbocycles. The molecule has 0 heterocycles. The first-order chi connectivity index (χ1) is 11.5. The first-order valence-corrected chi connectivity index (χ1v) is 10.6. The van der Waals surface area contributed by atoms with E-state index in [9.17, 15) is 13.2 Å². The third-order valence-electron chi connectivity index (χ3n) is 3.24. The molecule has 1 aromatic rings. The summed E-state index contributed by atoms with van der Waals surface area (Å²) in [5.41, 5.74) is 0.401. The van der Waals surface area contributed by atoms with Crippen molar-refractivity contribution >= 4 is 8.80 Å². The van der Waals surface area contributed by atoms with E-state index in [1.54, 1.807) is 0 Å². The van der Waals surface area contributed by atoms with Crippen molar-refractivity contribution in [2.75, 3.05) is 0 Å². The number of aryl methyl sites for hydroxylation is 1. The minimum atomic E-state index is -2.94. The minimum absolute atomic E-state index is 0.0649. The lowest BCUT2D eigenvalue weighted by molar-refractivity contribution is 0.00292. The Morgan fingerprint density at radius 2 is 1.20 bits per heavy atom. The minimum Gasteiger partial charge on any atom is -0.371 e. The molecule has 7 heteroatoms. The lowest BCUT2D eigenvalue weighted by Crippen LogP contribution is -2.50. The molecule has 1 rings (SSSR count). The Morgan fingerprint density at radius 3 is 1.56 bits per heavy atom. The summed E-state index contributed by atoms with van der Waals surface area (Å²) in [6.45, 7) is 11.5. The second kappa shape index (κ2) is 9.71. The van der Waals surface area contributed by atoms with Crippen LogP contribution < -0.4 is 0 Å². The van der Waals surface area contributed by atoms with Crippen LogP contribution in [-0.4, -0.2) is 27.1 Å². The van der Waals surface area contributed by atoms with Gasteiger partial charge < -0.3 is 13.3 Å². The Bertz CT molecular complexity index is 501. The van der Waals surface area contributed by atoms with Crippen LogP contribution in [0.15, 0.2) is 12.1 Å². The Balaban J connectivity index is 2.86. The lowest BCUT2D eigenvalue weighted by atomic mass is 10.1. The third-order valence-corrected chi connectivity index (χ3v) is 6.70. The summed E-state index contributed by atoms with van der Waals surface area (Å²) < 4.78 is 57.9. The van der Waals surface area contributed by atoms with Crippen LogP contribution in [0.5, 0.6) is 0 Å². The summed E-state index contributed by atoms with van der Waals surface area (Å²) in [7, 11) is -2.94. The topological polar surface area (TPSA) is 27.7 Å². The zero-order valence-corrected chi connectivity index (χ0v) is 16.9. The van der Waals surface area contributed by atoms with Gasteiger partial charge in [0, 0.05) is 24.4 Å². The van der Waals surface area contributed by atoms with E-state index in [2.05, 4.69) is 0 Å². The van der Waals surface area contributed by atoms with Gasteiger partial charge in [-0.2, -0.15) is 0 Å². The number of hydrogen-bond acceptors (Lipinski definition) is 3. The molecule has 0 amide bonds. The molecule has 0 spiro atoms. The van der Waals surface area contributed by atoms with Crippen molar-refractivity contribution in [2.24, 2.45) is 0 Å². The van der Waals surface area contributed by atoms with Crippen molar-refractivity contribution in [3.05, 3.63) is 35.1 Å². The van der Waals surface area contributed by atoms with Gasteiger partial charge in [0.15, 0.2) is 17.5 Å². The van der Waals surface area contributed by atoms with E-state index < -0.39 is 26.3 Å². The van der Waals surface area contributed by atoms with Crippen LogP contribution >= 0.6 is 0 Å². The standard InChI is InChI=1S/C18H29F3O3Si/c1-12(2)22-25(23-13(3)4,24-14(5)6)9-7-8-15-10-16(19)18(21)17(20)11-15/h10-14H,7-9H2,1-6H3. The van der Waals surface area contributed by atoms with Crippen LogP contribution in [0.1, 0.15) is 53.5 Å². The molecule has 0 atom stereocenters. The van der Waals surface area contributed by atoms with E-state index >= 15 is 0 Å². The van der Waals surface area contributed by atoms with Gasteiger partial charge in [-0.15, -0.1) is 0 Å². The molecule has 0 aliphatic heterocycles. The predicted octanol–water partition coefficient (Wildman–Crippen LogP) is 5.25. The average molecular weight is 379 g/mol. The molecule has 0 fully saturated rings. The zero-order valence-electron chi connectivity index (χ0n) is 15.9. The molecule has 0 bridgehead atoms. The summed E-state index contributed by atoms with van der Waals surface area (Å²) in [6, 6.07) is 2.57. The molecule has 0 saturated heterocycles. The maximum absolute atomic E-state index is 13.3. The number of benzene rings is 1. The Hall–Kier alpha value is -0.893. The van der Waals surface area contributed by atoms with Crippen LogP contribution in [-0.2, 0) is 19.7 Å². The van der Waals surface area contributed by atoms with Crippen molar-refractivity contribution in [3.63, 3.8) is 0 Å². The van der Waals surface area contributed by atoms with Gasteiger partial charge in [-0.3, -0.25) is 0 Å². The quantitative estimate of drug-likeness (QED) is 0.411. The molecule has 144 valence electrons. The Labute approximate surface area is 149 Å². The first kappa shape index (κ1) is 22.1. The number of rotatable bonds is 10. The SMILES string of the molecule is CC(C)O[Si](CCCc1cc(F)c(F)c(F)c1)(OC(C)C)OC(C)C. The highest BCUT2D eigenvalue weighted by Crippen LogP contribution is 2.25. The summed E-state index contributed by atoms with van der Waals surface area (Å²) in [5.74, 6) is -3.79. The van der Waals surface area contributed by atoms with Crippen LogP contribution in [0.2, 0.25) is 6.04 Å². The van der Waals surface area contributed by atoms with E-state index in [1.165, 1.54) is 0 Å². The van der Waals surface area contributed by atoms with E-state index in [-0.39, 0.29) is 18.3 Å². The highest BCUT2D eigenvalue weighted by Gasteiger charge is 2.43. The summed E-state index contributed by atoms with van der Waals surface area (Å²) in [5, 5.41) is 0. The van der Waals surface area contributed by atoms with E-state index in [0.717, 1.165) is 12.1 Å². The fourth-order valence-corrected chi connectivity index (χ4v) is 5.88. The summed E-state index contributed by atoms with van der Waals surface area (Å²) in [4.78, 5) is 0. The molecule has 0 unspecified atom stereocenters. The fraction of sp³-hybridized carbons (Fsp3) is 0.667. The first-order valence-electron chi connectivity index (χ1n) is 8.71. The molecule has 3 nitrogen and oxygen atoms in total. The molecule has 0 radical (unpaired) electrons. The van der Waals surface area contributed by atoms with Gasteiger partial charge in [0.1, 0.15) is 0 Å². The van der Waals surface area contributed by atoms with E-state index in [1.807, 2.05) is 41.5 Å². The van der Waals surface area contributed by atoms with Gasteiger partial charge >= 0.3 is 8.80 Å². The number of halogens is 3. The average Bonchev–Trinajstić information content (AvgIpc) is 2.42. The normalized spacial score (nSPS) is 12.6. The van der Waals surface area contributed by atoms with Gasteiger partial charge in [0.2, 0.25) is 0 Å². The zero-order chi connectivity index (χ0) is 19.2. The van der Waals surface area contributed by atoms with Gasteiger partial charge in [-0.05, 0) is 72.1 Å². The van der Waals surface area contributed by atoms with Crippen LogP contribution in [0, 0.1) is 17.5 Å². The van der Waals surface area contributed by atoms with E-state index in [0.29, 0.717) is 24.4 Å². The summed E-state index contributed by atoms with van der Waals surface area (Å²) >= 11 is 0. The van der Waals surface area contributed by atoms with Crippen molar-refractivity contribution in [3.8, 4) is 0 Å². The van der Waals surface area contributed by atoms with Crippen molar-refractivity contribution < 1.29 is 26.4 Å². The molecule has 0 saturated carbocycles. The molecule has 0 aliphatic carbocycles. The lowest BCUT2D eigenvalue weighted by Gasteiger charge is -2.34. The fourth-order valence-electron chi connectivity index (χ4n) is 2.60. The van der Waals surface area contributed by atoms with Crippen molar-refractivity contribution in [2.45, 2.75) is 78.7 Å². The maximum atomic E-state index is 13.3. The van der Waals surface area contributed by atoms with Crippen LogP contribution in [0.4, 0.5) is 13.2 Å². The maximum Gasteiger partial charge on any atom is 0.501 e. The molecule has 0 aliphatic rings. The monoisotopic (exact) mass is 378 g/mol. The molecular formula is C18H29F3O3Si. The predicted molar refractivity (Wildman–Crippen MR) is 93.9 cm³/mol. The van der Waals surface area contributed by atoms with Crippen LogP contribution in [0.25, 0.3) is 0 Å². The summed E-state index contributed by atoms with van der Waals surface area (Å²) in [6.07, 6.45) is 0.746. The largest absolute Gasteiger partial charge is 0.501 e. The molecule has 0 N–H and O–H groups in total. The van der Waals surface area contributed by atoms with Crippen molar-refractivity contribution in [1.82, 2.24) is 0 Å². The molecular weight excluding hydrogens is 349 g/mol. The third kappa shape index (κ3) is 7.48. The van der Waals surface area contributed by atoms with E-state index in [4.69, 9.17) is 13.3 Å². The van der Waals surface area contributed by atoms with Crippen LogP contribution in [0.3, 0.4) is 0 Å². The Kier molecular flexibility index (Phi) is 8.60. The van der Waals surface area contributed by atoms with Gasteiger partial charge in [-0.25, -0.2) is 13.2 Å². The highest BCUT2D eigenvalue weighted by atomic mass is 28.4. The second-order valence-electron chi connectivity index (χ2n) is 6.91.